The summed E-state index contributed by atoms with van der Waals surface area (Å²) in [5.41, 5.74) is 0. The summed E-state index contributed by atoms with van der Waals surface area (Å²) in [7, 11) is 0. The zero-order valence-corrected chi connectivity index (χ0v) is 7.45. The molecule has 11 heavy (non-hydrogen) atoms. The second-order valence-electron chi connectivity index (χ2n) is 2.55. The van der Waals surface area contributed by atoms with Crippen molar-refractivity contribution in [1.82, 2.24) is 5.32 Å². The predicted molar refractivity (Wildman–Crippen MR) is 44.7 cm³/mol. The predicted octanol–water partition coefficient (Wildman–Crippen LogP) is 1.07. The van der Waals surface area contributed by atoms with Crippen LogP contribution in [0.2, 0.25) is 0 Å². The molecule has 0 saturated carbocycles. The highest BCUT2D eigenvalue weighted by molar-refractivity contribution is 5.85. The third-order valence-electron chi connectivity index (χ3n) is 1.57. The molecule has 0 aromatic rings. The molecule has 1 aliphatic heterocycles. The van der Waals surface area contributed by atoms with Gasteiger partial charge in [-0.25, -0.2) is 0 Å². The molecule has 1 N–H and O–H groups in total. The van der Waals surface area contributed by atoms with E-state index < -0.39 is 0 Å². The second-order valence-corrected chi connectivity index (χ2v) is 2.55. The van der Waals surface area contributed by atoms with Gasteiger partial charge in [0.05, 0.1) is 0 Å². The molecule has 1 atom stereocenters. The molecule has 1 saturated heterocycles. The van der Waals surface area contributed by atoms with Crippen molar-refractivity contribution in [2.45, 2.75) is 32.4 Å². The first-order valence-electron chi connectivity index (χ1n) is 3.69. The van der Waals surface area contributed by atoms with Crippen LogP contribution in [0.25, 0.3) is 0 Å². The molecule has 1 aliphatic rings. The summed E-state index contributed by atoms with van der Waals surface area (Å²) in [5, 5.41) is 3.11. The smallest absolute Gasteiger partial charge is 0.304 e. The lowest BCUT2D eigenvalue weighted by Gasteiger charge is -2.22. The fraction of sp³-hybridized carbons (Fsp3) is 0.857. The zero-order chi connectivity index (χ0) is 7.40. The van der Waals surface area contributed by atoms with Gasteiger partial charge in [-0.3, -0.25) is 10.1 Å². The van der Waals surface area contributed by atoms with Crippen molar-refractivity contribution >= 4 is 18.4 Å². The maximum Gasteiger partial charge on any atom is 0.304 e. The molecule has 4 heteroatoms. The standard InChI is InChI=1S/C7H13NO2.ClH/c1-6(9)10-7-4-2-3-5-8-7;/h7-8H,2-5H2,1H3;1H. The number of esters is 1. The summed E-state index contributed by atoms with van der Waals surface area (Å²) in [5.74, 6) is -0.195. The molecule has 0 aromatic heterocycles. The van der Waals surface area contributed by atoms with E-state index in [9.17, 15) is 4.79 Å². The monoisotopic (exact) mass is 179 g/mol. The first-order valence-corrected chi connectivity index (χ1v) is 3.69. The molecule has 0 bridgehead atoms. The van der Waals surface area contributed by atoms with Gasteiger partial charge in [-0.1, -0.05) is 0 Å². The molecular formula is C7H14ClNO2. The number of piperidine rings is 1. The summed E-state index contributed by atoms with van der Waals surface area (Å²) < 4.78 is 4.94. The largest absolute Gasteiger partial charge is 0.447 e. The fourth-order valence-electron chi connectivity index (χ4n) is 1.12. The van der Waals surface area contributed by atoms with E-state index in [-0.39, 0.29) is 24.6 Å². The van der Waals surface area contributed by atoms with Crippen molar-refractivity contribution in [2.24, 2.45) is 0 Å². The lowest BCUT2D eigenvalue weighted by atomic mass is 10.1. The lowest BCUT2D eigenvalue weighted by molar-refractivity contribution is -0.149. The van der Waals surface area contributed by atoms with E-state index in [0.29, 0.717) is 0 Å². The van der Waals surface area contributed by atoms with Gasteiger partial charge in [-0.2, -0.15) is 0 Å². The molecule has 3 nitrogen and oxygen atoms in total. The highest BCUT2D eigenvalue weighted by Gasteiger charge is 2.13. The van der Waals surface area contributed by atoms with Crippen LogP contribution in [0.4, 0.5) is 0 Å². The molecule has 0 spiro atoms. The fourth-order valence-corrected chi connectivity index (χ4v) is 1.12. The number of carbonyl (C=O) groups is 1. The Morgan fingerprint density at radius 2 is 2.27 bits per heavy atom. The van der Waals surface area contributed by atoms with Gasteiger partial charge in [0.15, 0.2) is 6.23 Å². The number of nitrogens with one attached hydrogen (secondary N) is 1. The first-order chi connectivity index (χ1) is 4.79. The molecule has 0 amide bonds. The molecule has 0 radical (unpaired) electrons. The van der Waals surface area contributed by atoms with Crippen LogP contribution in [0.3, 0.4) is 0 Å². The van der Waals surface area contributed by atoms with Crippen LogP contribution in [0.5, 0.6) is 0 Å². The SMILES string of the molecule is CC(=O)OC1CCCCN1.Cl. The summed E-state index contributed by atoms with van der Waals surface area (Å²) in [4.78, 5) is 10.4. The Labute approximate surface area is 72.9 Å². The first kappa shape index (κ1) is 10.7. The summed E-state index contributed by atoms with van der Waals surface area (Å²) in [6, 6.07) is 0. The van der Waals surface area contributed by atoms with E-state index >= 15 is 0 Å². The van der Waals surface area contributed by atoms with Crippen molar-refractivity contribution in [1.29, 1.82) is 0 Å². The van der Waals surface area contributed by atoms with Crippen LogP contribution in [-0.4, -0.2) is 18.7 Å². The third kappa shape index (κ3) is 4.22. The average molecular weight is 180 g/mol. The van der Waals surface area contributed by atoms with Gasteiger partial charge in [0.1, 0.15) is 0 Å². The molecule has 1 unspecified atom stereocenters. The maximum absolute atomic E-state index is 10.4. The van der Waals surface area contributed by atoms with Crippen LogP contribution in [0.1, 0.15) is 26.2 Å². The maximum atomic E-state index is 10.4. The topological polar surface area (TPSA) is 38.3 Å². The van der Waals surface area contributed by atoms with E-state index in [4.69, 9.17) is 4.74 Å². The highest BCUT2D eigenvalue weighted by Crippen LogP contribution is 2.07. The molecule has 1 heterocycles. The number of ether oxygens (including phenoxy) is 1. The summed E-state index contributed by atoms with van der Waals surface area (Å²) >= 11 is 0. The minimum atomic E-state index is -0.195. The van der Waals surface area contributed by atoms with Crippen LogP contribution >= 0.6 is 12.4 Å². The van der Waals surface area contributed by atoms with Crippen molar-refractivity contribution < 1.29 is 9.53 Å². The van der Waals surface area contributed by atoms with E-state index in [2.05, 4.69) is 5.32 Å². The third-order valence-corrected chi connectivity index (χ3v) is 1.57. The van der Waals surface area contributed by atoms with Gasteiger partial charge in [0.2, 0.25) is 0 Å². The number of rotatable bonds is 1. The lowest BCUT2D eigenvalue weighted by Crippen LogP contribution is -2.37. The Bertz CT molecular complexity index is 124. The molecule has 1 fully saturated rings. The van der Waals surface area contributed by atoms with Crippen molar-refractivity contribution in [3.8, 4) is 0 Å². The molecular weight excluding hydrogens is 166 g/mol. The van der Waals surface area contributed by atoms with Gasteiger partial charge in [0, 0.05) is 6.92 Å². The van der Waals surface area contributed by atoms with Gasteiger partial charge < -0.3 is 4.74 Å². The summed E-state index contributed by atoms with van der Waals surface area (Å²) in [6.07, 6.45) is 3.29. The van der Waals surface area contributed by atoms with E-state index in [0.717, 1.165) is 19.4 Å². The Kier molecular flexibility index (Phi) is 5.24. The second kappa shape index (κ2) is 5.38. The van der Waals surface area contributed by atoms with Crippen molar-refractivity contribution in [2.75, 3.05) is 6.54 Å². The van der Waals surface area contributed by atoms with Crippen molar-refractivity contribution in [3.05, 3.63) is 0 Å². The van der Waals surface area contributed by atoms with Gasteiger partial charge in [-0.15, -0.1) is 12.4 Å². The normalized spacial score (nSPS) is 23.5. The summed E-state index contributed by atoms with van der Waals surface area (Å²) in [6.45, 7) is 2.41. The Morgan fingerprint density at radius 3 is 2.73 bits per heavy atom. The number of halogens is 1. The average Bonchev–Trinajstić information content (AvgIpc) is 1.88. The van der Waals surface area contributed by atoms with Crippen LogP contribution in [0.15, 0.2) is 0 Å². The van der Waals surface area contributed by atoms with Gasteiger partial charge in [-0.05, 0) is 25.8 Å². The molecule has 0 aliphatic carbocycles. The zero-order valence-electron chi connectivity index (χ0n) is 6.63. The van der Waals surface area contributed by atoms with E-state index in [1.54, 1.807) is 0 Å². The minimum Gasteiger partial charge on any atom is -0.447 e. The molecule has 66 valence electrons. The van der Waals surface area contributed by atoms with Crippen molar-refractivity contribution in [3.63, 3.8) is 0 Å². The quantitative estimate of drug-likeness (QED) is 0.612. The number of hydrogen-bond acceptors (Lipinski definition) is 3. The Balaban J connectivity index is 0.000001000. The number of hydrogen-bond donors (Lipinski definition) is 1. The number of carbonyl (C=O) groups excluding carboxylic acids is 1. The highest BCUT2D eigenvalue weighted by atomic mass is 35.5. The molecule has 1 rings (SSSR count). The Hall–Kier alpha value is -0.280. The Morgan fingerprint density at radius 1 is 1.55 bits per heavy atom. The molecule has 0 aromatic carbocycles. The van der Waals surface area contributed by atoms with Crippen LogP contribution in [-0.2, 0) is 9.53 Å². The van der Waals surface area contributed by atoms with Gasteiger partial charge >= 0.3 is 5.97 Å². The minimum absolute atomic E-state index is 0. The van der Waals surface area contributed by atoms with Crippen LogP contribution in [0, 0.1) is 0 Å². The van der Waals surface area contributed by atoms with Gasteiger partial charge in [0.25, 0.3) is 0 Å². The van der Waals surface area contributed by atoms with E-state index in [1.165, 1.54) is 13.3 Å². The van der Waals surface area contributed by atoms with Crippen LogP contribution < -0.4 is 5.32 Å². The van der Waals surface area contributed by atoms with E-state index in [1.807, 2.05) is 0 Å².